The van der Waals surface area contributed by atoms with Gasteiger partial charge < -0.3 is 10.1 Å². The number of ether oxygens (including phenoxy) is 1. The number of hydrogen-bond acceptors (Lipinski definition) is 6. The van der Waals surface area contributed by atoms with Crippen molar-refractivity contribution in [2.75, 3.05) is 11.9 Å². The van der Waals surface area contributed by atoms with Gasteiger partial charge in [0.25, 0.3) is 5.91 Å². The van der Waals surface area contributed by atoms with Crippen molar-refractivity contribution in [3.8, 4) is 5.69 Å². The van der Waals surface area contributed by atoms with E-state index in [9.17, 15) is 9.59 Å². The molecular weight excluding hydrogens is 420 g/mol. The zero-order valence-electron chi connectivity index (χ0n) is 18.4. The lowest BCUT2D eigenvalue weighted by molar-refractivity contribution is -0.119. The van der Waals surface area contributed by atoms with E-state index >= 15 is 0 Å². The van der Waals surface area contributed by atoms with Gasteiger partial charge in [-0.15, -0.1) is 0 Å². The lowest BCUT2D eigenvalue weighted by atomic mass is 10.2. The quantitative estimate of drug-likeness (QED) is 0.434. The number of nitrogens with zero attached hydrogens (tertiary/aromatic N) is 5. The number of hydrogen-bond donors (Lipinski definition) is 1. The minimum absolute atomic E-state index is 0.154. The van der Waals surface area contributed by atoms with Crippen molar-refractivity contribution >= 4 is 28.7 Å². The number of para-hydroxylation sites is 1. The first-order valence-electron chi connectivity index (χ1n) is 10.9. The summed E-state index contributed by atoms with van der Waals surface area (Å²) in [7, 11) is 0. The van der Waals surface area contributed by atoms with E-state index in [2.05, 4.69) is 20.5 Å². The van der Waals surface area contributed by atoms with Crippen LogP contribution in [0.15, 0.2) is 54.9 Å². The molecule has 4 aromatic rings. The van der Waals surface area contributed by atoms with Crippen molar-refractivity contribution in [3.63, 3.8) is 0 Å². The second kappa shape index (κ2) is 8.50. The van der Waals surface area contributed by atoms with Gasteiger partial charge >= 0.3 is 5.97 Å². The third-order valence-corrected chi connectivity index (χ3v) is 5.48. The Hall–Kier alpha value is -4.01. The number of rotatable bonds is 7. The van der Waals surface area contributed by atoms with E-state index in [0.29, 0.717) is 17.4 Å². The molecule has 3 aromatic heterocycles. The number of pyridine rings is 1. The molecule has 1 N–H and O–H groups in total. The van der Waals surface area contributed by atoms with Gasteiger partial charge in [-0.25, -0.2) is 19.1 Å². The molecule has 0 radical (unpaired) electrons. The molecular formula is C24H24N6O3. The van der Waals surface area contributed by atoms with Crippen molar-refractivity contribution in [1.29, 1.82) is 0 Å². The minimum Gasteiger partial charge on any atom is -0.452 e. The summed E-state index contributed by atoms with van der Waals surface area (Å²) in [6.07, 6.45) is 5.31. The van der Waals surface area contributed by atoms with E-state index in [-0.39, 0.29) is 11.6 Å². The van der Waals surface area contributed by atoms with Gasteiger partial charge in [0.2, 0.25) is 0 Å². The molecule has 9 heteroatoms. The highest BCUT2D eigenvalue weighted by atomic mass is 16.5. The van der Waals surface area contributed by atoms with Crippen LogP contribution in [-0.4, -0.2) is 43.0 Å². The highest BCUT2D eigenvalue weighted by Gasteiger charge is 2.28. The number of fused-ring (bicyclic) bond motifs is 1. The molecule has 5 rings (SSSR count). The maximum absolute atomic E-state index is 12.6. The van der Waals surface area contributed by atoms with Crippen LogP contribution >= 0.6 is 0 Å². The third-order valence-electron chi connectivity index (χ3n) is 5.48. The maximum atomic E-state index is 12.6. The Labute approximate surface area is 190 Å². The predicted molar refractivity (Wildman–Crippen MR) is 122 cm³/mol. The minimum atomic E-state index is -0.618. The Morgan fingerprint density at radius 2 is 1.94 bits per heavy atom. The van der Waals surface area contributed by atoms with Crippen molar-refractivity contribution in [3.05, 3.63) is 66.1 Å². The van der Waals surface area contributed by atoms with E-state index in [1.54, 1.807) is 21.6 Å². The Bertz CT molecular complexity index is 1320. The van der Waals surface area contributed by atoms with Crippen LogP contribution in [0.5, 0.6) is 0 Å². The summed E-state index contributed by atoms with van der Waals surface area (Å²) in [5.41, 5.74) is 2.76. The summed E-state index contributed by atoms with van der Waals surface area (Å²) in [6.45, 7) is 3.60. The average Bonchev–Trinajstić information content (AvgIpc) is 3.45. The Morgan fingerprint density at radius 1 is 1.15 bits per heavy atom. The normalized spacial score (nSPS) is 13.4. The first kappa shape index (κ1) is 20.9. The summed E-state index contributed by atoms with van der Waals surface area (Å²) in [5.74, 6) is -0.0734. The topological polar surface area (TPSA) is 104 Å². The molecule has 0 unspecified atom stereocenters. The van der Waals surface area contributed by atoms with Gasteiger partial charge in [0, 0.05) is 29.6 Å². The smallest absolute Gasteiger partial charge is 0.340 e. The molecule has 168 valence electrons. The van der Waals surface area contributed by atoms with E-state index in [1.807, 2.05) is 50.2 Å². The van der Waals surface area contributed by atoms with E-state index in [0.717, 1.165) is 29.6 Å². The van der Waals surface area contributed by atoms with Crippen molar-refractivity contribution < 1.29 is 14.3 Å². The monoisotopic (exact) mass is 444 g/mol. The van der Waals surface area contributed by atoms with Gasteiger partial charge in [-0.2, -0.15) is 10.2 Å². The second-order valence-corrected chi connectivity index (χ2v) is 8.42. The van der Waals surface area contributed by atoms with Gasteiger partial charge in [0.05, 0.1) is 23.1 Å². The second-order valence-electron chi connectivity index (χ2n) is 8.42. The first-order valence-corrected chi connectivity index (χ1v) is 10.9. The summed E-state index contributed by atoms with van der Waals surface area (Å²) >= 11 is 0. The van der Waals surface area contributed by atoms with Crippen LogP contribution in [0.3, 0.4) is 0 Å². The highest BCUT2D eigenvalue weighted by Crippen LogP contribution is 2.40. The summed E-state index contributed by atoms with van der Waals surface area (Å²) in [6, 6.07) is 13.3. The Balaban J connectivity index is 1.26. The summed E-state index contributed by atoms with van der Waals surface area (Å²) in [5, 5.41) is 12.5. The van der Waals surface area contributed by atoms with Crippen LogP contribution in [0.1, 0.15) is 54.7 Å². The van der Waals surface area contributed by atoms with Crippen LogP contribution in [0.2, 0.25) is 0 Å². The van der Waals surface area contributed by atoms with Gasteiger partial charge in [-0.05, 0) is 44.9 Å². The molecule has 0 aliphatic heterocycles. The number of benzene rings is 1. The number of nitrogens with one attached hydrogen (secondary N) is 1. The van der Waals surface area contributed by atoms with E-state index in [1.165, 1.54) is 6.20 Å². The number of carbonyl (C=O) groups excluding carboxylic acids is 2. The number of anilines is 1. The van der Waals surface area contributed by atoms with Gasteiger partial charge in [-0.1, -0.05) is 18.2 Å². The highest BCUT2D eigenvalue weighted by molar-refractivity contribution is 5.96. The van der Waals surface area contributed by atoms with Gasteiger partial charge in [0.15, 0.2) is 12.3 Å². The Kier molecular flexibility index (Phi) is 5.37. The fourth-order valence-corrected chi connectivity index (χ4v) is 3.66. The predicted octanol–water partition coefficient (Wildman–Crippen LogP) is 3.87. The number of carbonyl (C=O) groups is 2. The zero-order chi connectivity index (χ0) is 22.9. The van der Waals surface area contributed by atoms with Crippen LogP contribution in [-0.2, 0) is 9.53 Å². The lowest BCUT2D eigenvalue weighted by Crippen LogP contribution is -2.22. The number of amides is 1. The number of aromatic nitrogens is 5. The molecule has 0 saturated heterocycles. The first-order chi connectivity index (χ1) is 16.0. The van der Waals surface area contributed by atoms with Crippen molar-refractivity contribution in [2.24, 2.45) is 0 Å². The standard InChI is InChI=1S/C24H24N6O3/c1-15(2)29-23-17(13-26-29)10-18(12-25-23)24(32)33-14-22(31)27-21-11-20(16-8-9-16)28-30(21)19-6-4-3-5-7-19/h3-7,10-13,15-16H,8-9,14H2,1-2H3,(H,27,31). The molecule has 0 spiro atoms. The molecule has 1 aliphatic rings. The van der Waals surface area contributed by atoms with E-state index in [4.69, 9.17) is 4.74 Å². The lowest BCUT2D eigenvalue weighted by Gasteiger charge is -2.09. The molecule has 0 atom stereocenters. The summed E-state index contributed by atoms with van der Waals surface area (Å²) in [4.78, 5) is 29.4. The fraction of sp³-hybridized carbons (Fsp3) is 0.292. The molecule has 1 amide bonds. The molecule has 3 heterocycles. The van der Waals surface area contributed by atoms with Crippen LogP contribution in [0.4, 0.5) is 5.82 Å². The average molecular weight is 444 g/mol. The van der Waals surface area contributed by atoms with Crippen LogP contribution in [0, 0.1) is 0 Å². The SMILES string of the molecule is CC(C)n1ncc2cc(C(=O)OCC(=O)Nc3cc(C4CC4)nn3-c3ccccc3)cnc21. The van der Waals surface area contributed by atoms with E-state index < -0.39 is 18.5 Å². The molecule has 33 heavy (non-hydrogen) atoms. The summed E-state index contributed by atoms with van der Waals surface area (Å²) < 4.78 is 8.72. The number of esters is 1. The van der Waals surface area contributed by atoms with Gasteiger partial charge in [-0.3, -0.25) is 4.79 Å². The fourth-order valence-electron chi connectivity index (χ4n) is 3.66. The van der Waals surface area contributed by atoms with Crippen LogP contribution in [0.25, 0.3) is 16.7 Å². The molecule has 0 bridgehead atoms. The van der Waals surface area contributed by atoms with Gasteiger partial charge in [0.1, 0.15) is 5.82 Å². The van der Waals surface area contributed by atoms with Crippen LogP contribution < -0.4 is 5.32 Å². The maximum Gasteiger partial charge on any atom is 0.340 e. The zero-order valence-corrected chi connectivity index (χ0v) is 18.4. The molecule has 1 saturated carbocycles. The molecule has 9 nitrogen and oxygen atoms in total. The molecule has 1 aromatic carbocycles. The molecule has 1 aliphatic carbocycles. The van der Waals surface area contributed by atoms with Crippen molar-refractivity contribution in [2.45, 2.75) is 38.6 Å². The largest absolute Gasteiger partial charge is 0.452 e. The third kappa shape index (κ3) is 4.34. The molecule has 1 fully saturated rings. The van der Waals surface area contributed by atoms with Crippen molar-refractivity contribution in [1.82, 2.24) is 24.5 Å². The Morgan fingerprint density at radius 3 is 2.67 bits per heavy atom.